The van der Waals surface area contributed by atoms with E-state index < -0.39 is 11.9 Å². The number of fused-ring (bicyclic) bond motifs is 1. The number of aliphatic carboxylic acids is 2. The van der Waals surface area contributed by atoms with E-state index >= 15 is 0 Å². The Morgan fingerprint density at radius 3 is 2.35 bits per heavy atom. The second kappa shape index (κ2) is 5.40. The lowest BCUT2D eigenvalue weighted by atomic mass is 9.93. The molecule has 0 radical (unpaired) electrons. The van der Waals surface area contributed by atoms with Crippen LogP contribution in [0.25, 0.3) is 22.4 Å². The fourth-order valence-corrected chi connectivity index (χ4v) is 2.12. The van der Waals surface area contributed by atoms with Crippen LogP contribution in [0.5, 0.6) is 0 Å². The van der Waals surface area contributed by atoms with Crippen LogP contribution in [0.2, 0.25) is 0 Å². The summed E-state index contributed by atoms with van der Waals surface area (Å²) in [6, 6.07) is 10.8. The van der Waals surface area contributed by atoms with Crippen molar-refractivity contribution in [2.45, 2.75) is 0 Å². The Labute approximate surface area is 115 Å². The fraction of sp³-hybridized carbons (Fsp3) is 0. The minimum absolute atomic E-state index is 0.260. The molecule has 0 heterocycles. The molecular formula is C16H12O4. The summed E-state index contributed by atoms with van der Waals surface area (Å²) in [5.41, 5.74) is 0.691. The zero-order valence-electron chi connectivity index (χ0n) is 10.5. The molecule has 4 heteroatoms. The van der Waals surface area contributed by atoms with E-state index in [1.165, 1.54) is 6.08 Å². The largest absolute Gasteiger partial charge is 0.478 e. The van der Waals surface area contributed by atoms with Gasteiger partial charge in [-0.2, -0.15) is 0 Å². The Bertz CT molecular complexity index is 741. The van der Waals surface area contributed by atoms with Gasteiger partial charge in [-0.25, -0.2) is 9.59 Å². The van der Waals surface area contributed by atoms with Gasteiger partial charge in [0.2, 0.25) is 0 Å². The van der Waals surface area contributed by atoms with Gasteiger partial charge in [-0.05, 0) is 16.3 Å². The summed E-state index contributed by atoms with van der Waals surface area (Å²) >= 11 is 0. The number of carbonyl (C=O) groups is 2. The molecule has 0 unspecified atom stereocenters. The standard InChI is InChI=1S/C16H12O4/c1-2-10-7-8-11-5-3-4-6-12(11)15(10)13(16(19)20)9-14(17)18/h2-9H,1H2,(H,17,18)(H,19,20)/b13-9-. The molecule has 0 saturated carbocycles. The first-order valence-corrected chi connectivity index (χ1v) is 5.87. The van der Waals surface area contributed by atoms with Crippen molar-refractivity contribution in [2.24, 2.45) is 0 Å². The summed E-state index contributed by atoms with van der Waals surface area (Å²) in [4.78, 5) is 22.2. The van der Waals surface area contributed by atoms with Crippen molar-refractivity contribution in [1.82, 2.24) is 0 Å². The Hall–Kier alpha value is -2.88. The minimum Gasteiger partial charge on any atom is -0.478 e. The maximum absolute atomic E-state index is 11.4. The molecule has 0 aliphatic carbocycles. The second-order valence-electron chi connectivity index (χ2n) is 4.16. The molecule has 0 bridgehead atoms. The zero-order valence-corrected chi connectivity index (χ0v) is 10.5. The van der Waals surface area contributed by atoms with Crippen LogP contribution < -0.4 is 0 Å². The van der Waals surface area contributed by atoms with E-state index in [0.717, 1.165) is 5.39 Å². The van der Waals surface area contributed by atoms with E-state index in [9.17, 15) is 14.7 Å². The topological polar surface area (TPSA) is 74.6 Å². The van der Waals surface area contributed by atoms with Crippen molar-refractivity contribution < 1.29 is 19.8 Å². The molecule has 4 nitrogen and oxygen atoms in total. The summed E-state index contributed by atoms with van der Waals surface area (Å²) < 4.78 is 0. The summed E-state index contributed by atoms with van der Waals surface area (Å²) in [5.74, 6) is -2.59. The number of rotatable bonds is 4. The second-order valence-corrected chi connectivity index (χ2v) is 4.16. The van der Waals surface area contributed by atoms with E-state index in [1.54, 1.807) is 18.2 Å². The molecule has 20 heavy (non-hydrogen) atoms. The molecule has 2 N–H and O–H groups in total. The first kappa shape index (κ1) is 13.5. The predicted molar refractivity (Wildman–Crippen MR) is 77.3 cm³/mol. The molecule has 2 rings (SSSR count). The van der Waals surface area contributed by atoms with Crippen molar-refractivity contribution >= 4 is 34.4 Å². The summed E-state index contributed by atoms with van der Waals surface area (Å²) in [5, 5.41) is 19.7. The molecule has 2 aromatic rings. The van der Waals surface area contributed by atoms with Gasteiger partial charge in [-0.3, -0.25) is 0 Å². The molecule has 0 fully saturated rings. The Kier molecular flexibility index (Phi) is 3.66. The maximum atomic E-state index is 11.4. The smallest absolute Gasteiger partial charge is 0.336 e. The van der Waals surface area contributed by atoms with E-state index in [2.05, 4.69) is 6.58 Å². The van der Waals surface area contributed by atoms with Gasteiger partial charge in [0.1, 0.15) is 0 Å². The van der Waals surface area contributed by atoms with Gasteiger partial charge in [0.05, 0.1) is 5.57 Å². The highest BCUT2D eigenvalue weighted by atomic mass is 16.4. The monoisotopic (exact) mass is 268 g/mol. The van der Waals surface area contributed by atoms with Gasteiger partial charge >= 0.3 is 11.9 Å². The fourth-order valence-electron chi connectivity index (χ4n) is 2.12. The number of carboxylic acid groups (broad SMARTS) is 2. The summed E-state index contributed by atoms with van der Waals surface area (Å²) in [6.07, 6.45) is 2.22. The summed E-state index contributed by atoms with van der Waals surface area (Å²) in [6.45, 7) is 3.65. The summed E-state index contributed by atoms with van der Waals surface area (Å²) in [7, 11) is 0. The third-order valence-corrected chi connectivity index (χ3v) is 2.95. The Balaban J connectivity index is 2.88. The third kappa shape index (κ3) is 2.44. The van der Waals surface area contributed by atoms with Crippen LogP contribution in [0.4, 0.5) is 0 Å². The van der Waals surface area contributed by atoms with Crippen molar-refractivity contribution in [1.29, 1.82) is 0 Å². The maximum Gasteiger partial charge on any atom is 0.336 e. The molecule has 0 saturated heterocycles. The van der Waals surface area contributed by atoms with Crippen LogP contribution in [0.3, 0.4) is 0 Å². The van der Waals surface area contributed by atoms with Crippen LogP contribution in [0.15, 0.2) is 49.1 Å². The van der Waals surface area contributed by atoms with Gasteiger partial charge in [-0.15, -0.1) is 0 Å². The lowest BCUT2D eigenvalue weighted by Crippen LogP contribution is -2.05. The van der Waals surface area contributed by atoms with Crippen molar-refractivity contribution in [2.75, 3.05) is 0 Å². The molecule has 2 aromatic carbocycles. The van der Waals surface area contributed by atoms with Crippen LogP contribution in [0.1, 0.15) is 11.1 Å². The van der Waals surface area contributed by atoms with Crippen molar-refractivity contribution in [3.8, 4) is 0 Å². The van der Waals surface area contributed by atoms with Gasteiger partial charge in [0, 0.05) is 11.6 Å². The highest BCUT2D eigenvalue weighted by Gasteiger charge is 2.18. The van der Waals surface area contributed by atoms with Gasteiger partial charge < -0.3 is 10.2 Å². The predicted octanol–water partition coefficient (Wildman–Crippen LogP) is 3.04. The molecule has 0 aliphatic heterocycles. The number of hydrogen-bond acceptors (Lipinski definition) is 2. The van der Waals surface area contributed by atoms with Crippen LogP contribution in [0, 0.1) is 0 Å². The van der Waals surface area contributed by atoms with Crippen LogP contribution >= 0.6 is 0 Å². The molecule has 0 aromatic heterocycles. The first-order chi connectivity index (χ1) is 9.54. The van der Waals surface area contributed by atoms with Crippen LogP contribution in [-0.2, 0) is 9.59 Å². The van der Waals surface area contributed by atoms with Gasteiger partial charge in [0.15, 0.2) is 0 Å². The normalized spacial score (nSPS) is 11.3. The lowest BCUT2D eigenvalue weighted by molar-refractivity contribution is -0.133. The third-order valence-electron chi connectivity index (χ3n) is 2.95. The SMILES string of the molecule is C=Cc1ccc2ccccc2c1/C(=C/C(=O)O)C(=O)O. The van der Waals surface area contributed by atoms with Crippen molar-refractivity contribution in [3.05, 3.63) is 60.2 Å². The zero-order chi connectivity index (χ0) is 14.7. The molecule has 0 spiro atoms. The average Bonchev–Trinajstić information content (AvgIpc) is 2.43. The Morgan fingerprint density at radius 1 is 1.05 bits per heavy atom. The molecule has 0 atom stereocenters. The molecule has 0 aliphatic rings. The first-order valence-electron chi connectivity index (χ1n) is 5.87. The quantitative estimate of drug-likeness (QED) is 0.836. The molecule has 100 valence electrons. The highest BCUT2D eigenvalue weighted by molar-refractivity contribution is 6.23. The minimum atomic E-state index is -1.30. The van der Waals surface area contributed by atoms with E-state index in [-0.39, 0.29) is 5.57 Å². The van der Waals surface area contributed by atoms with Gasteiger partial charge in [-0.1, -0.05) is 49.1 Å². The van der Waals surface area contributed by atoms with Crippen molar-refractivity contribution in [3.63, 3.8) is 0 Å². The number of benzene rings is 2. The molecule has 0 amide bonds. The molecular weight excluding hydrogens is 256 g/mol. The highest BCUT2D eigenvalue weighted by Crippen LogP contribution is 2.29. The van der Waals surface area contributed by atoms with Gasteiger partial charge in [0.25, 0.3) is 0 Å². The number of hydrogen-bond donors (Lipinski definition) is 2. The van der Waals surface area contributed by atoms with E-state index in [1.807, 2.05) is 18.2 Å². The number of carboxylic acids is 2. The lowest BCUT2D eigenvalue weighted by Gasteiger charge is -2.11. The van der Waals surface area contributed by atoms with E-state index in [0.29, 0.717) is 22.6 Å². The van der Waals surface area contributed by atoms with E-state index in [4.69, 9.17) is 5.11 Å². The van der Waals surface area contributed by atoms with Crippen LogP contribution in [-0.4, -0.2) is 22.2 Å². The average molecular weight is 268 g/mol. The Morgan fingerprint density at radius 2 is 1.75 bits per heavy atom.